The highest BCUT2D eigenvalue weighted by Crippen LogP contribution is 2.40. The lowest BCUT2D eigenvalue weighted by molar-refractivity contribution is 0.828. The molecule has 0 spiro atoms. The first-order valence-corrected chi connectivity index (χ1v) is 5.94. The highest BCUT2D eigenvalue weighted by molar-refractivity contribution is 8.06. The van der Waals surface area contributed by atoms with Crippen molar-refractivity contribution in [1.82, 2.24) is 20.6 Å². The normalized spacial score (nSPS) is 30.4. The minimum atomic E-state index is 0.419. The van der Waals surface area contributed by atoms with Gasteiger partial charge in [0.15, 0.2) is 5.82 Å². The Morgan fingerprint density at radius 3 is 2.92 bits per heavy atom. The molecule has 2 rings (SSSR count). The molecule has 0 radical (unpaired) electrons. The fraction of sp³-hybridized carbons (Fsp3) is 0.833. The third kappa shape index (κ3) is 1.59. The minimum absolute atomic E-state index is 0.419. The molecule has 2 unspecified atom stereocenters. The van der Waals surface area contributed by atoms with E-state index in [1.165, 1.54) is 11.5 Å². The molecule has 1 N–H and O–H groups in total. The van der Waals surface area contributed by atoms with Crippen molar-refractivity contribution in [3.05, 3.63) is 5.82 Å². The smallest absolute Gasteiger partial charge is 0.177 e. The predicted molar refractivity (Wildman–Crippen MR) is 51.3 cm³/mol. The van der Waals surface area contributed by atoms with Gasteiger partial charge in [-0.2, -0.15) is 17.0 Å². The van der Waals surface area contributed by atoms with Crippen LogP contribution in [0, 0.1) is 0 Å². The number of aromatic nitrogens is 4. The van der Waals surface area contributed by atoms with Crippen molar-refractivity contribution in [3.8, 4) is 0 Å². The van der Waals surface area contributed by atoms with Gasteiger partial charge in [0.2, 0.25) is 0 Å². The van der Waals surface area contributed by atoms with E-state index < -0.39 is 0 Å². The van der Waals surface area contributed by atoms with E-state index in [-0.39, 0.29) is 0 Å². The highest BCUT2D eigenvalue weighted by Gasteiger charge is 2.27. The molecule has 0 aromatic carbocycles. The lowest BCUT2D eigenvalue weighted by Gasteiger charge is -2.24. The van der Waals surface area contributed by atoms with Gasteiger partial charge < -0.3 is 0 Å². The molecule has 12 heavy (non-hydrogen) atoms. The Balaban J connectivity index is 2.11. The maximum Gasteiger partial charge on any atom is 0.188 e. The maximum atomic E-state index is 4.01. The van der Waals surface area contributed by atoms with E-state index in [4.69, 9.17) is 0 Å². The quantitative estimate of drug-likeness (QED) is 0.739. The van der Waals surface area contributed by atoms with Gasteiger partial charge in [-0.1, -0.05) is 12.1 Å². The fourth-order valence-corrected chi connectivity index (χ4v) is 3.89. The number of hydrogen-bond donors (Lipinski definition) is 1. The largest absolute Gasteiger partial charge is 0.188 e. The van der Waals surface area contributed by atoms with Crippen LogP contribution >= 0.6 is 23.5 Å². The Morgan fingerprint density at radius 1 is 1.42 bits per heavy atom. The Morgan fingerprint density at radius 2 is 2.25 bits per heavy atom. The third-order valence-corrected chi connectivity index (χ3v) is 4.89. The Kier molecular flexibility index (Phi) is 2.55. The lowest BCUT2D eigenvalue weighted by atomic mass is 10.3. The third-order valence-electron chi connectivity index (χ3n) is 1.80. The Hall–Kier alpha value is -0.230. The summed E-state index contributed by atoms with van der Waals surface area (Å²) in [5.74, 6) is 3.27. The number of tetrazole rings is 1. The molecule has 0 bridgehead atoms. The van der Waals surface area contributed by atoms with Crippen LogP contribution in [-0.2, 0) is 0 Å². The first-order valence-electron chi connectivity index (χ1n) is 3.84. The Bertz CT molecular complexity index is 238. The lowest BCUT2D eigenvalue weighted by Crippen LogP contribution is -2.16. The monoisotopic (exact) mass is 202 g/mol. The molecule has 0 saturated carbocycles. The van der Waals surface area contributed by atoms with E-state index in [9.17, 15) is 0 Å². The number of aromatic amines is 1. The van der Waals surface area contributed by atoms with Gasteiger partial charge in [0, 0.05) is 16.8 Å². The van der Waals surface area contributed by atoms with Crippen LogP contribution in [0.3, 0.4) is 0 Å². The van der Waals surface area contributed by atoms with Crippen molar-refractivity contribution in [1.29, 1.82) is 0 Å². The van der Waals surface area contributed by atoms with Crippen LogP contribution in [0.5, 0.6) is 0 Å². The Labute approximate surface area is 79.3 Å². The zero-order valence-corrected chi connectivity index (χ0v) is 8.36. The van der Waals surface area contributed by atoms with Crippen molar-refractivity contribution in [2.24, 2.45) is 0 Å². The maximum absolute atomic E-state index is 4.01. The summed E-state index contributed by atoms with van der Waals surface area (Å²) in [5.41, 5.74) is 0. The van der Waals surface area contributed by atoms with E-state index in [1.54, 1.807) is 0 Å². The molecule has 1 aromatic rings. The molecule has 1 aliphatic rings. The highest BCUT2D eigenvalue weighted by atomic mass is 32.2. The standard InChI is InChI=1S/C6H10N4S2/c1-4-5(12-3-2-11-4)6-7-9-10-8-6/h4-5H,2-3H2,1H3,(H,7,8,9,10). The van der Waals surface area contributed by atoms with Crippen LogP contribution in [-0.4, -0.2) is 37.4 Å². The molecule has 1 saturated heterocycles. The van der Waals surface area contributed by atoms with Crippen LogP contribution in [0.2, 0.25) is 0 Å². The first-order chi connectivity index (χ1) is 5.88. The molecule has 4 nitrogen and oxygen atoms in total. The van der Waals surface area contributed by atoms with Crippen molar-refractivity contribution >= 4 is 23.5 Å². The number of hydrogen-bond acceptors (Lipinski definition) is 5. The predicted octanol–water partition coefficient (Wildman–Crippen LogP) is 1.11. The van der Waals surface area contributed by atoms with E-state index in [2.05, 4.69) is 27.5 Å². The SMILES string of the molecule is CC1SCCSC1c1nn[nH]n1. The molecule has 66 valence electrons. The summed E-state index contributed by atoms with van der Waals surface area (Å²) in [6, 6.07) is 0. The van der Waals surface area contributed by atoms with Crippen molar-refractivity contribution < 1.29 is 0 Å². The summed E-state index contributed by atoms with van der Waals surface area (Å²) >= 11 is 3.91. The molecule has 1 aliphatic heterocycles. The summed E-state index contributed by atoms with van der Waals surface area (Å²) in [7, 11) is 0. The summed E-state index contributed by atoms with van der Waals surface area (Å²) in [5, 5.41) is 15.1. The zero-order chi connectivity index (χ0) is 8.39. The van der Waals surface area contributed by atoms with E-state index in [0.29, 0.717) is 10.5 Å². The van der Waals surface area contributed by atoms with Crippen LogP contribution in [0.15, 0.2) is 0 Å². The van der Waals surface area contributed by atoms with E-state index in [0.717, 1.165) is 5.82 Å². The average Bonchev–Trinajstić information content (AvgIpc) is 2.57. The topological polar surface area (TPSA) is 54.5 Å². The summed E-state index contributed by atoms with van der Waals surface area (Å²) < 4.78 is 0. The molecule has 1 aromatic heterocycles. The van der Waals surface area contributed by atoms with Crippen molar-refractivity contribution in [2.45, 2.75) is 17.4 Å². The van der Waals surface area contributed by atoms with Gasteiger partial charge >= 0.3 is 0 Å². The first kappa shape index (κ1) is 8.37. The number of nitrogens with one attached hydrogen (secondary N) is 1. The van der Waals surface area contributed by atoms with Crippen LogP contribution in [0.4, 0.5) is 0 Å². The van der Waals surface area contributed by atoms with Crippen LogP contribution in [0.1, 0.15) is 18.0 Å². The molecule has 0 aliphatic carbocycles. The van der Waals surface area contributed by atoms with Gasteiger partial charge in [0.05, 0.1) is 5.25 Å². The fourth-order valence-electron chi connectivity index (χ4n) is 1.21. The molecule has 2 heterocycles. The minimum Gasteiger partial charge on any atom is -0.177 e. The molecule has 2 atom stereocenters. The zero-order valence-electron chi connectivity index (χ0n) is 6.73. The van der Waals surface area contributed by atoms with Crippen molar-refractivity contribution in [3.63, 3.8) is 0 Å². The number of nitrogens with zero attached hydrogens (tertiary/aromatic N) is 3. The van der Waals surface area contributed by atoms with Crippen LogP contribution < -0.4 is 0 Å². The van der Waals surface area contributed by atoms with Gasteiger partial charge in [0.25, 0.3) is 0 Å². The summed E-state index contributed by atoms with van der Waals surface area (Å²) in [6.45, 7) is 2.22. The average molecular weight is 202 g/mol. The number of rotatable bonds is 1. The van der Waals surface area contributed by atoms with E-state index in [1.807, 2.05) is 23.5 Å². The molecule has 6 heteroatoms. The number of thioether (sulfide) groups is 2. The molecule has 1 fully saturated rings. The van der Waals surface area contributed by atoms with E-state index >= 15 is 0 Å². The molecular weight excluding hydrogens is 192 g/mol. The second-order valence-corrected chi connectivity index (χ2v) is 5.37. The van der Waals surface area contributed by atoms with Gasteiger partial charge in [-0.05, 0) is 0 Å². The molecular formula is C6H10N4S2. The van der Waals surface area contributed by atoms with Crippen LogP contribution in [0.25, 0.3) is 0 Å². The van der Waals surface area contributed by atoms with Crippen molar-refractivity contribution in [2.75, 3.05) is 11.5 Å². The summed E-state index contributed by atoms with van der Waals surface area (Å²) in [6.07, 6.45) is 0. The molecule has 0 amide bonds. The summed E-state index contributed by atoms with van der Waals surface area (Å²) in [4.78, 5) is 0. The second kappa shape index (κ2) is 3.66. The van der Waals surface area contributed by atoms with Gasteiger partial charge in [-0.15, -0.1) is 22.0 Å². The second-order valence-electron chi connectivity index (χ2n) is 2.64. The van der Waals surface area contributed by atoms with Gasteiger partial charge in [-0.25, -0.2) is 0 Å². The van der Waals surface area contributed by atoms with Gasteiger partial charge in [-0.3, -0.25) is 0 Å². The number of H-pyrrole nitrogens is 1. The van der Waals surface area contributed by atoms with Gasteiger partial charge in [0.1, 0.15) is 0 Å².